The fraction of sp³-hybridized carbons (Fsp3) is 0.656. The quantitative estimate of drug-likeness (QED) is 0.162. The molecule has 0 bridgehead atoms. The molecule has 1 aromatic heterocycles. The molecule has 208 valence electrons. The molecule has 0 amide bonds. The molecule has 1 heterocycles. The van der Waals surface area contributed by atoms with Gasteiger partial charge in [-0.2, -0.15) is 0 Å². The standard InChI is InChI=1S/C32H51NO4/c1-3-4-5-6-7-8-9-10-11-12-13-14-15-16-17-18-23-37-32-26-33(29(27-34)24-31(32)35)25-28-19-21-30(36-2)22-20-28/h19-22,24,26,34H,3-18,23,25,27H2,1-2H3. The number of methoxy groups -OCH3 is 1. The molecule has 0 radical (unpaired) electrons. The SMILES string of the molecule is CCCCCCCCCCCCCCCCCCOc1cn(Cc2ccc(OC)cc2)c(CO)cc1=O. The van der Waals surface area contributed by atoms with E-state index in [1.54, 1.807) is 13.3 Å². The van der Waals surface area contributed by atoms with E-state index in [2.05, 4.69) is 6.92 Å². The van der Waals surface area contributed by atoms with Crippen LogP contribution in [0.15, 0.2) is 41.3 Å². The summed E-state index contributed by atoms with van der Waals surface area (Å²) in [6.07, 6.45) is 23.1. The monoisotopic (exact) mass is 513 g/mol. The minimum atomic E-state index is -0.190. The molecule has 2 rings (SSSR count). The van der Waals surface area contributed by atoms with Crippen LogP contribution in [0.5, 0.6) is 11.5 Å². The lowest BCUT2D eigenvalue weighted by molar-refractivity contribution is 0.267. The average molecular weight is 514 g/mol. The largest absolute Gasteiger partial charge is 0.497 e. The highest BCUT2D eigenvalue weighted by atomic mass is 16.5. The highest BCUT2D eigenvalue weighted by Gasteiger charge is 2.08. The molecule has 0 atom stereocenters. The lowest BCUT2D eigenvalue weighted by Gasteiger charge is -2.15. The van der Waals surface area contributed by atoms with Gasteiger partial charge in [0.1, 0.15) is 5.75 Å². The first-order valence-corrected chi connectivity index (χ1v) is 14.8. The zero-order chi connectivity index (χ0) is 26.6. The molecule has 0 aliphatic rings. The predicted octanol–water partition coefficient (Wildman–Crippen LogP) is 8.04. The fourth-order valence-electron chi connectivity index (χ4n) is 4.75. The van der Waals surface area contributed by atoms with Gasteiger partial charge >= 0.3 is 0 Å². The first-order valence-electron chi connectivity index (χ1n) is 14.8. The number of hydrogen-bond acceptors (Lipinski definition) is 4. The Labute approximate surface area is 225 Å². The zero-order valence-electron chi connectivity index (χ0n) is 23.5. The molecule has 37 heavy (non-hydrogen) atoms. The first-order chi connectivity index (χ1) is 18.2. The van der Waals surface area contributed by atoms with E-state index in [1.807, 2.05) is 28.8 Å². The van der Waals surface area contributed by atoms with E-state index in [9.17, 15) is 9.90 Å². The molecule has 0 saturated heterocycles. The summed E-state index contributed by atoms with van der Waals surface area (Å²) in [5.41, 5.74) is 1.46. The summed E-state index contributed by atoms with van der Waals surface area (Å²) in [6.45, 7) is 3.19. The summed E-state index contributed by atoms with van der Waals surface area (Å²) in [6, 6.07) is 9.26. The van der Waals surface area contributed by atoms with Crippen molar-refractivity contribution in [2.45, 2.75) is 123 Å². The van der Waals surface area contributed by atoms with Crippen LogP contribution in [-0.2, 0) is 13.2 Å². The number of benzene rings is 1. The van der Waals surface area contributed by atoms with Crippen molar-refractivity contribution < 1.29 is 14.6 Å². The maximum absolute atomic E-state index is 12.4. The van der Waals surface area contributed by atoms with Gasteiger partial charge in [0.15, 0.2) is 5.75 Å². The van der Waals surface area contributed by atoms with Crippen LogP contribution in [0.4, 0.5) is 0 Å². The number of pyridine rings is 1. The lowest BCUT2D eigenvalue weighted by Crippen LogP contribution is -2.16. The van der Waals surface area contributed by atoms with Crippen LogP contribution < -0.4 is 14.9 Å². The number of aromatic nitrogens is 1. The second-order valence-electron chi connectivity index (χ2n) is 10.3. The Balaban J connectivity index is 1.56. The molecule has 1 aromatic carbocycles. The molecule has 0 aliphatic heterocycles. The molecule has 0 aliphatic carbocycles. The minimum Gasteiger partial charge on any atom is -0.497 e. The van der Waals surface area contributed by atoms with Crippen molar-refractivity contribution in [3.05, 3.63) is 58.0 Å². The van der Waals surface area contributed by atoms with Crippen molar-refractivity contribution >= 4 is 0 Å². The van der Waals surface area contributed by atoms with Crippen LogP contribution >= 0.6 is 0 Å². The number of unbranched alkanes of at least 4 members (excludes halogenated alkanes) is 15. The third-order valence-electron chi connectivity index (χ3n) is 7.11. The summed E-state index contributed by atoms with van der Waals surface area (Å²) >= 11 is 0. The molecule has 1 N–H and O–H groups in total. The van der Waals surface area contributed by atoms with E-state index < -0.39 is 0 Å². The number of aliphatic hydroxyl groups excluding tert-OH is 1. The van der Waals surface area contributed by atoms with Crippen molar-refractivity contribution in [2.24, 2.45) is 0 Å². The smallest absolute Gasteiger partial charge is 0.223 e. The molecule has 0 unspecified atom stereocenters. The predicted molar refractivity (Wildman–Crippen MR) is 154 cm³/mol. The Morgan fingerprint density at radius 1 is 0.757 bits per heavy atom. The van der Waals surface area contributed by atoms with Crippen LogP contribution in [0.3, 0.4) is 0 Å². The van der Waals surface area contributed by atoms with Gasteiger partial charge in [-0.05, 0) is 24.1 Å². The third-order valence-corrected chi connectivity index (χ3v) is 7.11. The van der Waals surface area contributed by atoms with Gasteiger partial charge in [-0.1, -0.05) is 115 Å². The number of hydrogen-bond donors (Lipinski definition) is 1. The second kappa shape index (κ2) is 19.8. The van der Waals surface area contributed by atoms with Gasteiger partial charge in [-0.25, -0.2) is 0 Å². The molecule has 5 nitrogen and oxygen atoms in total. The van der Waals surface area contributed by atoms with Crippen LogP contribution in [0, 0.1) is 0 Å². The van der Waals surface area contributed by atoms with Gasteiger partial charge in [-0.15, -0.1) is 0 Å². The van der Waals surface area contributed by atoms with Gasteiger partial charge in [-0.3, -0.25) is 4.79 Å². The van der Waals surface area contributed by atoms with Crippen molar-refractivity contribution in [1.82, 2.24) is 4.57 Å². The first kappa shape index (κ1) is 31.0. The Hall–Kier alpha value is -2.27. The van der Waals surface area contributed by atoms with Gasteiger partial charge in [0.05, 0.1) is 26.5 Å². The Morgan fingerprint density at radius 3 is 1.76 bits per heavy atom. The summed E-state index contributed by atoms with van der Waals surface area (Å²) in [5, 5.41) is 9.71. The van der Waals surface area contributed by atoms with Crippen LogP contribution in [0.2, 0.25) is 0 Å². The highest BCUT2D eigenvalue weighted by Crippen LogP contribution is 2.16. The average Bonchev–Trinajstić information content (AvgIpc) is 2.92. The van der Waals surface area contributed by atoms with Crippen molar-refractivity contribution in [3.8, 4) is 11.5 Å². The third kappa shape index (κ3) is 13.2. The molecule has 0 fully saturated rings. The minimum absolute atomic E-state index is 0.175. The Bertz CT molecular complexity index is 891. The Morgan fingerprint density at radius 2 is 1.27 bits per heavy atom. The van der Waals surface area contributed by atoms with Gasteiger partial charge in [0, 0.05) is 18.3 Å². The van der Waals surface area contributed by atoms with Crippen LogP contribution in [0.1, 0.15) is 121 Å². The number of rotatable bonds is 22. The highest BCUT2D eigenvalue weighted by molar-refractivity contribution is 5.29. The zero-order valence-corrected chi connectivity index (χ0v) is 23.5. The van der Waals surface area contributed by atoms with Crippen molar-refractivity contribution in [2.75, 3.05) is 13.7 Å². The van der Waals surface area contributed by atoms with E-state index in [0.717, 1.165) is 24.2 Å². The molecular formula is C32H51NO4. The van der Waals surface area contributed by atoms with Crippen LogP contribution in [0.25, 0.3) is 0 Å². The van der Waals surface area contributed by atoms with E-state index in [1.165, 1.54) is 96.0 Å². The summed E-state index contributed by atoms with van der Waals surface area (Å²) < 4.78 is 12.9. The number of nitrogens with zero attached hydrogens (tertiary/aromatic N) is 1. The number of ether oxygens (including phenoxy) is 2. The van der Waals surface area contributed by atoms with Crippen LogP contribution in [-0.4, -0.2) is 23.4 Å². The maximum Gasteiger partial charge on any atom is 0.223 e. The van der Waals surface area contributed by atoms with E-state index in [-0.39, 0.29) is 12.0 Å². The molecule has 2 aromatic rings. The lowest BCUT2D eigenvalue weighted by atomic mass is 10.0. The fourth-order valence-corrected chi connectivity index (χ4v) is 4.75. The summed E-state index contributed by atoms with van der Waals surface area (Å²) in [7, 11) is 1.64. The normalized spacial score (nSPS) is 11.1. The van der Waals surface area contributed by atoms with E-state index >= 15 is 0 Å². The second-order valence-corrected chi connectivity index (χ2v) is 10.3. The van der Waals surface area contributed by atoms with E-state index in [4.69, 9.17) is 9.47 Å². The molecule has 0 spiro atoms. The maximum atomic E-state index is 12.4. The van der Waals surface area contributed by atoms with E-state index in [0.29, 0.717) is 24.6 Å². The Kier molecular flexibility index (Phi) is 16.6. The van der Waals surface area contributed by atoms with Gasteiger partial charge < -0.3 is 19.1 Å². The summed E-state index contributed by atoms with van der Waals surface area (Å²) in [5.74, 6) is 1.15. The van der Waals surface area contributed by atoms with Gasteiger partial charge in [0.2, 0.25) is 5.43 Å². The topological polar surface area (TPSA) is 60.7 Å². The van der Waals surface area contributed by atoms with Crippen molar-refractivity contribution in [1.29, 1.82) is 0 Å². The molecular weight excluding hydrogens is 462 g/mol. The van der Waals surface area contributed by atoms with Gasteiger partial charge in [0.25, 0.3) is 0 Å². The summed E-state index contributed by atoms with van der Waals surface area (Å²) in [4.78, 5) is 12.4. The molecule has 5 heteroatoms. The number of aliphatic hydroxyl groups is 1. The molecule has 0 saturated carbocycles. The van der Waals surface area contributed by atoms with Crippen molar-refractivity contribution in [3.63, 3.8) is 0 Å².